The van der Waals surface area contributed by atoms with Gasteiger partial charge in [0.2, 0.25) is 10.0 Å². The fourth-order valence-electron chi connectivity index (χ4n) is 0.503. The van der Waals surface area contributed by atoms with Crippen LogP contribution in [0.3, 0.4) is 0 Å². The molecule has 0 unspecified atom stereocenters. The number of carboxylic acid groups (broad SMARTS) is 1. The van der Waals surface area contributed by atoms with Gasteiger partial charge in [-0.15, -0.1) is 0 Å². The van der Waals surface area contributed by atoms with E-state index in [0.29, 0.717) is 0 Å². The summed E-state index contributed by atoms with van der Waals surface area (Å²) in [7, 11) is -3.52. The standard InChI is InChI=1S/C7H16N2O4S/c1-7(2,3)14(12,13)9-4-5(8)6(10)11/h5,9H,4,8H2,1-3H3,(H,10,11)/t5-/m0/s1. The van der Waals surface area contributed by atoms with Crippen LogP contribution >= 0.6 is 0 Å². The molecule has 84 valence electrons. The van der Waals surface area contributed by atoms with Crippen molar-refractivity contribution in [2.24, 2.45) is 5.73 Å². The summed E-state index contributed by atoms with van der Waals surface area (Å²) in [6, 6.07) is -1.22. The average Bonchev–Trinajstić information content (AvgIpc) is 1.97. The highest BCUT2D eigenvalue weighted by atomic mass is 32.2. The number of nitrogens with two attached hydrogens (primary N) is 1. The molecule has 0 radical (unpaired) electrons. The fraction of sp³-hybridized carbons (Fsp3) is 0.857. The lowest BCUT2D eigenvalue weighted by molar-refractivity contribution is -0.138. The molecule has 0 amide bonds. The molecular weight excluding hydrogens is 208 g/mol. The Hall–Kier alpha value is -0.660. The van der Waals surface area contributed by atoms with E-state index in [1.165, 1.54) is 20.8 Å². The topological polar surface area (TPSA) is 109 Å². The van der Waals surface area contributed by atoms with Crippen LogP contribution in [-0.4, -0.2) is 36.8 Å². The van der Waals surface area contributed by atoms with Crippen molar-refractivity contribution in [3.05, 3.63) is 0 Å². The molecule has 0 fully saturated rings. The molecule has 0 spiro atoms. The molecule has 4 N–H and O–H groups in total. The van der Waals surface area contributed by atoms with Crippen molar-refractivity contribution < 1.29 is 18.3 Å². The number of carboxylic acids is 1. The van der Waals surface area contributed by atoms with Crippen LogP contribution in [-0.2, 0) is 14.8 Å². The molecule has 0 aromatic rings. The molecule has 0 saturated heterocycles. The summed E-state index contributed by atoms with van der Waals surface area (Å²) in [5, 5.41) is 8.42. The van der Waals surface area contributed by atoms with Gasteiger partial charge in [-0.3, -0.25) is 4.79 Å². The SMILES string of the molecule is CC(C)(C)S(=O)(=O)NC[C@H](N)C(=O)O. The van der Waals surface area contributed by atoms with E-state index in [-0.39, 0.29) is 6.54 Å². The van der Waals surface area contributed by atoms with Crippen molar-refractivity contribution in [3.8, 4) is 0 Å². The minimum Gasteiger partial charge on any atom is -0.480 e. The number of carbonyl (C=O) groups is 1. The third-order valence-corrected chi connectivity index (χ3v) is 3.78. The normalized spacial score (nSPS) is 15.1. The van der Waals surface area contributed by atoms with Gasteiger partial charge in [0.15, 0.2) is 0 Å². The smallest absolute Gasteiger partial charge is 0.321 e. The van der Waals surface area contributed by atoms with Gasteiger partial charge in [-0.1, -0.05) is 0 Å². The van der Waals surface area contributed by atoms with E-state index in [9.17, 15) is 13.2 Å². The van der Waals surface area contributed by atoms with Crippen LogP contribution in [0.2, 0.25) is 0 Å². The highest BCUT2D eigenvalue weighted by molar-refractivity contribution is 7.90. The summed E-state index contributed by atoms with van der Waals surface area (Å²) in [6.45, 7) is 4.25. The van der Waals surface area contributed by atoms with Gasteiger partial charge in [-0.05, 0) is 20.8 Å². The lowest BCUT2D eigenvalue weighted by Crippen LogP contribution is -2.47. The molecular formula is C7H16N2O4S. The first-order valence-corrected chi connectivity index (χ1v) is 5.54. The van der Waals surface area contributed by atoms with Crippen LogP contribution in [0.25, 0.3) is 0 Å². The van der Waals surface area contributed by atoms with Crippen LogP contribution in [0.15, 0.2) is 0 Å². The maximum atomic E-state index is 11.4. The molecule has 0 rings (SSSR count). The van der Waals surface area contributed by atoms with Crippen molar-refractivity contribution in [3.63, 3.8) is 0 Å². The fourth-order valence-corrected chi connectivity index (χ4v) is 1.34. The summed E-state index contributed by atoms with van der Waals surface area (Å²) in [6.07, 6.45) is 0. The highest BCUT2D eigenvalue weighted by Crippen LogP contribution is 2.12. The monoisotopic (exact) mass is 224 g/mol. The summed E-state index contributed by atoms with van der Waals surface area (Å²) >= 11 is 0. The van der Waals surface area contributed by atoms with E-state index in [0.717, 1.165) is 0 Å². The maximum Gasteiger partial charge on any atom is 0.321 e. The number of hydrogen-bond donors (Lipinski definition) is 3. The Morgan fingerprint density at radius 3 is 2.21 bits per heavy atom. The van der Waals surface area contributed by atoms with Gasteiger partial charge in [-0.25, -0.2) is 13.1 Å². The van der Waals surface area contributed by atoms with Gasteiger partial charge >= 0.3 is 5.97 Å². The molecule has 0 aliphatic heterocycles. The Kier molecular flexibility index (Phi) is 4.04. The Morgan fingerprint density at radius 2 is 1.93 bits per heavy atom. The van der Waals surface area contributed by atoms with E-state index in [4.69, 9.17) is 10.8 Å². The number of sulfonamides is 1. The Balaban J connectivity index is 4.36. The zero-order valence-electron chi connectivity index (χ0n) is 8.44. The lowest BCUT2D eigenvalue weighted by atomic mass is 10.3. The van der Waals surface area contributed by atoms with Crippen molar-refractivity contribution in [1.29, 1.82) is 0 Å². The summed E-state index contributed by atoms with van der Waals surface area (Å²) in [5.41, 5.74) is 5.14. The third kappa shape index (κ3) is 3.60. The molecule has 0 aromatic heterocycles. The molecule has 0 aromatic carbocycles. The van der Waals surface area contributed by atoms with Gasteiger partial charge in [0.25, 0.3) is 0 Å². The molecule has 1 atom stereocenters. The van der Waals surface area contributed by atoms with Crippen LogP contribution in [0.1, 0.15) is 20.8 Å². The molecule has 6 nitrogen and oxygen atoms in total. The number of aliphatic carboxylic acids is 1. The second-order valence-corrected chi connectivity index (χ2v) is 6.43. The molecule has 0 aliphatic rings. The first-order chi connectivity index (χ1) is 6.08. The molecule has 14 heavy (non-hydrogen) atoms. The zero-order valence-corrected chi connectivity index (χ0v) is 9.26. The van der Waals surface area contributed by atoms with Gasteiger partial charge < -0.3 is 10.8 Å². The molecule has 7 heteroatoms. The molecule has 0 heterocycles. The van der Waals surface area contributed by atoms with E-state index in [2.05, 4.69) is 4.72 Å². The number of nitrogens with one attached hydrogen (secondary N) is 1. The Morgan fingerprint density at radius 1 is 1.50 bits per heavy atom. The van der Waals surface area contributed by atoms with Crippen molar-refractivity contribution in [2.45, 2.75) is 31.6 Å². The largest absolute Gasteiger partial charge is 0.480 e. The number of rotatable bonds is 4. The van der Waals surface area contributed by atoms with Gasteiger partial charge in [0, 0.05) is 6.54 Å². The van der Waals surface area contributed by atoms with Crippen molar-refractivity contribution in [1.82, 2.24) is 4.72 Å². The van der Waals surface area contributed by atoms with Crippen molar-refractivity contribution in [2.75, 3.05) is 6.54 Å². The maximum absolute atomic E-state index is 11.4. The lowest BCUT2D eigenvalue weighted by Gasteiger charge is -2.20. The van der Waals surface area contributed by atoms with E-state index in [1.54, 1.807) is 0 Å². The highest BCUT2D eigenvalue weighted by Gasteiger charge is 2.29. The minimum absolute atomic E-state index is 0.297. The van der Waals surface area contributed by atoms with E-state index in [1.807, 2.05) is 0 Å². The summed E-state index contributed by atoms with van der Waals surface area (Å²) in [4.78, 5) is 10.3. The molecule has 0 bridgehead atoms. The predicted octanol–water partition coefficient (Wildman–Crippen LogP) is -0.884. The second kappa shape index (κ2) is 4.24. The van der Waals surface area contributed by atoms with Crippen LogP contribution in [0, 0.1) is 0 Å². The molecule has 0 aliphatic carbocycles. The second-order valence-electron chi connectivity index (χ2n) is 3.91. The van der Waals surface area contributed by atoms with Crippen LogP contribution in [0.4, 0.5) is 0 Å². The first kappa shape index (κ1) is 13.3. The van der Waals surface area contributed by atoms with Crippen LogP contribution in [0.5, 0.6) is 0 Å². The first-order valence-electron chi connectivity index (χ1n) is 4.05. The average molecular weight is 224 g/mol. The quantitative estimate of drug-likeness (QED) is 0.574. The Bertz CT molecular complexity index is 304. The van der Waals surface area contributed by atoms with E-state index >= 15 is 0 Å². The third-order valence-electron chi connectivity index (χ3n) is 1.62. The van der Waals surface area contributed by atoms with Crippen LogP contribution < -0.4 is 10.5 Å². The minimum atomic E-state index is -3.52. The number of hydrogen-bond acceptors (Lipinski definition) is 4. The van der Waals surface area contributed by atoms with Crippen molar-refractivity contribution >= 4 is 16.0 Å². The van der Waals surface area contributed by atoms with Gasteiger partial charge in [0.05, 0.1) is 4.75 Å². The van der Waals surface area contributed by atoms with Gasteiger partial charge in [0.1, 0.15) is 6.04 Å². The Labute approximate surface area is 83.5 Å². The summed E-state index contributed by atoms with van der Waals surface area (Å²) < 4.78 is 24.0. The zero-order chi connectivity index (χ0) is 11.6. The van der Waals surface area contributed by atoms with E-state index < -0.39 is 26.8 Å². The summed E-state index contributed by atoms with van der Waals surface area (Å²) in [5.74, 6) is -1.23. The predicted molar refractivity (Wildman–Crippen MR) is 52.3 cm³/mol. The van der Waals surface area contributed by atoms with Gasteiger partial charge in [-0.2, -0.15) is 0 Å². The molecule has 0 saturated carbocycles.